The summed E-state index contributed by atoms with van der Waals surface area (Å²) in [6.45, 7) is 2.49. The van der Waals surface area contributed by atoms with Crippen molar-refractivity contribution >= 4 is 5.91 Å². The van der Waals surface area contributed by atoms with Crippen molar-refractivity contribution < 1.29 is 18.0 Å². The molecule has 3 atom stereocenters. The third kappa shape index (κ3) is 3.35. The highest BCUT2D eigenvalue weighted by Gasteiger charge is 2.48. The maximum absolute atomic E-state index is 13.4. The van der Waals surface area contributed by atoms with Gasteiger partial charge >= 0.3 is 6.18 Å². The Morgan fingerprint density at radius 3 is 2.69 bits per heavy atom. The van der Waals surface area contributed by atoms with E-state index < -0.39 is 18.1 Å². The summed E-state index contributed by atoms with van der Waals surface area (Å²) in [7, 11) is 0. The zero-order valence-electron chi connectivity index (χ0n) is 14.8. The molecule has 1 amide bonds. The van der Waals surface area contributed by atoms with Crippen LogP contribution in [0.25, 0.3) is 0 Å². The molecule has 2 fully saturated rings. The van der Waals surface area contributed by atoms with Crippen LogP contribution in [-0.4, -0.2) is 52.2 Å². The van der Waals surface area contributed by atoms with Gasteiger partial charge in [-0.05, 0) is 50.5 Å². The number of amides is 1. The lowest BCUT2D eigenvalue weighted by Crippen LogP contribution is -2.54. The summed E-state index contributed by atoms with van der Waals surface area (Å²) in [6.07, 6.45) is 2.31. The lowest BCUT2D eigenvalue weighted by molar-refractivity contribution is -0.178. The minimum atomic E-state index is -4.21. The van der Waals surface area contributed by atoms with E-state index in [9.17, 15) is 18.0 Å². The number of imidazole rings is 1. The first kappa shape index (κ1) is 17.8. The number of hydrogen-bond acceptors (Lipinski definition) is 3. The van der Waals surface area contributed by atoms with Crippen molar-refractivity contribution in [2.75, 3.05) is 19.6 Å². The Labute approximate surface area is 150 Å². The normalized spacial score (nSPS) is 29.7. The SMILES string of the molecule is O=C(c1cn2c(n1)CCC(C1CCCNC1C(F)(F)F)C2)N1CCCC1. The number of rotatable bonds is 2. The summed E-state index contributed by atoms with van der Waals surface area (Å²) in [5.74, 6) is 0.340. The van der Waals surface area contributed by atoms with E-state index in [1.165, 1.54) is 0 Å². The van der Waals surface area contributed by atoms with E-state index in [2.05, 4.69) is 10.3 Å². The molecule has 8 heteroatoms. The number of halogens is 3. The fourth-order valence-corrected chi connectivity index (χ4v) is 4.78. The van der Waals surface area contributed by atoms with Crippen LogP contribution in [0.1, 0.15) is 48.4 Å². The zero-order chi connectivity index (χ0) is 18.3. The molecule has 0 aliphatic carbocycles. The zero-order valence-corrected chi connectivity index (χ0v) is 14.8. The van der Waals surface area contributed by atoms with E-state index in [0.29, 0.717) is 38.0 Å². The second-order valence-electron chi connectivity index (χ2n) is 7.77. The van der Waals surface area contributed by atoms with Crippen LogP contribution in [0.15, 0.2) is 6.20 Å². The topological polar surface area (TPSA) is 50.2 Å². The second kappa shape index (κ2) is 6.87. The van der Waals surface area contributed by atoms with Crippen LogP contribution in [-0.2, 0) is 13.0 Å². The van der Waals surface area contributed by atoms with Crippen LogP contribution in [0, 0.1) is 11.8 Å². The van der Waals surface area contributed by atoms with Crippen molar-refractivity contribution in [2.24, 2.45) is 11.8 Å². The van der Waals surface area contributed by atoms with Crippen molar-refractivity contribution in [1.29, 1.82) is 0 Å². The number of nitrogens with one attached hydrogen (secondary N) is 1. The summed E-state index contributed by atoms with van der Waals surface area (Å²) in [5.41, 5.74) is 0.441. The van der Waals surface area contributed by atoms with Gasteiger partial charge in [-0.15, -0.1) is 0 Å². The third-order valence-corrected chi connectivity index (χ3v) is 6.11. The molecule has 1 N–H and O–H groups in total. The van der Waals surface area contributed by atoms with Crippen LogP contribution < -0.4 is 5.32 Å². The number of hydrogen-bond donors (Lipinski definition) is 1. The minimum Gasteiger partial charge on any atom is -0.337 e. The van der Waals surface area contributed by atoms with Gasteiger partial charge in [0.15, 0.2) is 0 Å². The van der Waals surface area contributed by atoms with Gasteiger partial charge in [0.05, 0.1) is 0 Å². The molecule has 3 unspecified atom stereocenters. The predicted octanol–water partition coefficient (Wildman–Crippen LogP) is 2.61. The average molecular weight is 370 g/mol. The number of aryl methyl sites for hydroxylation is 1. The molecule has 3 aliphatic rings. The average Bonchev–Trinajstić information content (AvgIpc) is 3.29. The van der Waals surface area contributed by atoms with Gasteiger partial charge in [-0.25, -0.2) is 4.98 Å². The second-order valence-corrected chi connectivity index (χ2v) is 7.77. The van der Waals surface area contributed by atoms with Gasteiger partial charge in [0.1, 0.15) is 17.6 Å². The van der Waals surface area contributed by atoms with Crippen molar-refractivity contribution in [3.63, 3.8) is 0 Å². The van der Waals surface area contributed by atoms with Gasteiger partial charge in [-0.2, -0.15) is 13.2 Å². The van der Waals surface area contributed by atoms with E-state index in [1.807, 2.05) is 9.47 Å². The summed E-state index contributed by atoms with van der Waals surface area (Å²) < 4.78 is 42.1. The fourth-order valence-electron chi connectivity index (χ4n) is 4.78. The van der Waals surface area contributed by atoms with E-state index in [4.69, 9.17) is 0 Å². The number of fused-ring (bicyclic) bond motifs is 1. The van der Waals surface area contributed by atoms with Crippen LogP contribution in [0.3, 0.4) is 0 Å². The largest absolute Gasteiger partial charge is 0.404 e. The van der Waals surface area contributed by atoms with Gasteiger partial charge in [0.2, 0.25) is 0 Å². The Morgan fingerprint density at radius 2 is 1.96 bits per heavy atom. The fraction of sp³-hybridized carbons (Fsp3) is 0.778. The van der Waals surface area contributed by atoms with Gasteiger partial charge in [-0.3, -0.25) is 4.79 Å². The molecule has 0 spiro atoms. The Morgan fingerprint density at radius 1 is 1.19 bits per heavy atom. The molecule has 144 valence electrons. The van der Waals surface area contributed by atoms with E-state index >= 15 is 0 Å². The number of carbonyl (C=O) groups excluding carboxylic acids is 1. The van der Waals surface area contributed by atoms with Crippen molar-refractivity contribution in [2.45, 2.75) is 57.3 Å². The number of alkyl halides is 3. The van der Waals surface area contributed by atoms with E-state index in [0.717, 1.165) is 38.2 Å². The molecule has 1 aromatic heterocycles. The van der Waals surface area contributed by atoms with Gasteiger partial charge in [-0.1, -0.05) is 0 Å². The first-order valence-electron chi connectivity index (χ1n) is 9.59. The van der Waals surface area contributed by atoms with Crippen LogP contribution in [0.5, 0.6) is 0 Å². The Kier molecular flexibility index (Phi) is 4.71. The Hall–Kier alpha value is -1.57. The molecule has 3 aliphatic heterocycles. The lowest BCUT2D eigenvalue weighted by atomic mass is 9.76. The molecule has 4 heterocycles. The Bertz CT molecular complexity index is 666. The van der Waals surface area contributed by atoms with Gasteiger partial charge in [0.25, 0.3) is 5.91 Å². The molecule has 2 saturated heterocycles. The highest BCUT2D eigenvalue weighted by molar-refractivity contribution is 5.92. The summed E-state index contributed by atoms with van der Waals surface area (Å²) >= 11 is 0. The minimum absolute atomic E-state index is 0.0362. The number of likely N-dealkylation sites (tertiary alicyclic amines) is 1. The molecule has 0 saturated carbocycles. The van der Waals surface area contributed by atoms with Gasteiger partial charge < -0.3 is 14.8 Å². The highest BCUT2D eigenvalue weighted by Crippen LogP contribution is 2.38. The predicted molar refractivity (Wildman–Crippen MR) is 89.7 cm³/mol. The van der Waals surface area contributed by atoms with E-state index in [1.54, 1.807) is 6.20 Å². The number of piperidine rings is 1. The molecule has 26 heavy (non-hydrogen) atoms. The van der Waals surface area contributed by atoms with Crippen LogP contribution >= 0.6 is 0 Å². The number of aromatic nitrogens is 2. The number of carbonyl (C=O) groups is 1. The summed E-state index contributed by atoms with van der Waals surface area (Å²) in [6, 6.07) is -1.42. The Balaban J connectivity index is 1.49. The first-order chi connectivity index (χ1) is 12.4. The first-order valence-corrected chi connectivity index (χ1v) is 9.59. The number of nitrogens with zero attached hydrogens (tertiary/aromatic N) is 3. The lowest BCUT2D eigenvalue weighted by Gasteiger charge is -2.40. The van der Waals surface area contributed by atoms with Gasteiger partial charge in [0, 0.05) is 32.3 Å². The van der Waals surface area contributed by atoms with Crippen molar-refractivity contribution in [1.82, 2.24) is 19.8 Å². The quantitative estimate of drug-likeness (QED) is 0.871. The molecule has 1 aromatic rings. The summed E-state index contributed by atoms with van der Waals surface area (Å²) in [5, 5.41) is 2.68. The van der Waals surface area contributed by atoms with Crippen molar-refractivity contribution in [3.05, 3.63) is 17.7 Å². The van der Waals surface area contributed by atoms with E-state index in [-0.39, 0.29) is 11.8 Å². The molecular weight excluding hydrogens is 345 g/mol. The van der Waals surface area contributed by atoms with Crippen molar-refractivity contribution in [3.8, 4) is 0 Å². The molecule has 0 aromatic carbocycles. The monoisotopic (exact) mass is 370 g/mol. The summed E-state index contributed by atoms with van der Waals surface area (Å²) in [4.78, 5) is 18.8. The smallest absolute Gasteiger partial charge is 0.337 e. The van der Waals surface area contributed by atoms with Crippen LogP contribution in [0.4, 0.5) is 13.2 Å². The van der Waals surface area contributed by atoms with Crippen LogP contribution in [0.2, 0.25) is 0 Å². The molecule has 5 nitrogen and oxygen atoms in total. The molecule has 0 radical (unpaired) electrons. The third-order valence-electron chi connectivity index (χ3n) is 6.11. The standard InChI is InChI=1S/C18H25F3N4O/c19-18(20,21)16-13(4-3-7-22-16)12-5-6-15-23-14(11-25(15)10-12)17(26)24-8-1-2-9-24/h11-13,16,22H,1-10H2. The highest BCUT2D eigenvalue weighted by atomic mass is 19.4. The maximum Gasteiger partial charge on any atom is 0.404 e. The molecule has 4 rings (SSSR count). The maximum atomic E-state index is 13.4. The molecular formula is C18H25F3N4O. The molecule has 0 bridgehead atoms.